The van der Waals surface area contributed by atoms with E-state index in [1.165, 1.54) is 11.8 Å². The van der Waals surface area contributed by atoms with E-state index in [1.807, 2.05) is 41.0 Å². The smallest absolute Gasteiger partial charge is 0.269 e. The minimum absolute atomic E-state index is 0.00419. The molecule has 0 saturated carbocycles. The first-order chi connectivity index (χ1) is 17.1. The number of pyridine rings is 1. The molecular weight excluding hydrogens is 468 g/mol. The van der Waals surface area contributed by atoms with E-state index < -0.39 is 11.8 Å². The molecule has 2 amide bonds. The van der Waals surface area contributed by atoms with Gasteiger partial charge in [0.1, 0.15) is 11.5 Å². The van der Waals surface area contributed by atoms with Crippen LogP contribution in [-0.4, -0.2) is 51.5 Å². The first-order valence-electron chi connectivity index (χ1n) is 10.5. The monoisotopic (exact) mass is 490 g/mol. The summed E-state index contributed by atoms with van der Waals surface area (Å²) in [6, 6.07) is 17.6. The van der Waals surface area contributed by atoms with Gasteiger partial charge in [-0.2, -0.15) is 0 Å². The van der Waals surface area contributed by atoms with Gasteiger partial charge >= 0.3 is 0 Å². The van der Waals surface area contributed by atoms with Gasteiger partial charge in [-0.15, -0.1) is 10.2 Å². The molecule has 2 aromatic carbocycles. The van der Waals surface area contributed by atoms with Gasteiger partial charge in [-0.3, -0.25) is 30.0 Å². The highest BCUT2D eigenvalue weighted by Crippen LogP contribution is 2.28. The molecule has 2 aromatic heterocycles. The zero-order chi connectivity index (χ0) is 24.6. The van der Waals surface area contributed by atoms with E-state index in [9.17, 15) is 9.59 Å². The molecule has 0 aliphatic heterocycles. The Morgan fingerprint density at radius 1 is 0.914 bits per heavy atom. The summed E-state index contributed by atoms with van der Waals surface area (Å²) in [5.74, 6) is 1.10. The van der Waals surface area contributed by atoms with Crippen LogP contribution in [0.5, 0.6) is 11.5 Å². The highest BCUT2D eigenvalue weighted by Gasteiger charge is 2.18. The van der Waals surface area contributed by atoms with Crippen LogP contribution in [0.2, 0.25) is 0 Å². The Kier molecular flexibility index (Phi) is 7.58. The molecule has 0 atom stereocenters. The second kappa shape index (κ2) is 11.2. The van der Waals surface area contributed by atoms with Gasteiger partial charge < -0.3 is 9.47 Å². The fourth-order valence-electron chi connectivity index (χ4n) is 3.12. The number of aromatic nitrogens is 4. The largest absolute Gasteiger partial charge is 0.497 e. The van der Waals surface area contributed by atoms with Crippen molar-refractivity contribution in [3.8, 4) is 28.6 Å². The second-order valence-electron chi connectivity index (χ2n) is 7.10. The molecular formula is C24H22N6O4S. The molecule has 10 nitrogen and oxygen atoms in total. The van der Waals surface area contributed by atoms with Gasteiger partial charge in [0.15, 0.2) is 11.0 Å². The topological polar surface area (TPSA) is 120 Å². The molecule has 4 aromatic rings. The van der Waals surface area contributed by atoms with Crippen LogP contribution in [0.1, 0.15) is 10.4 Å². The van der Waals surface area contributed by atoms with E-state index in [0.29, 0.717) is 28.0 Å². The number of nitrogens with one attached hydrogen (secondary N) is 2. The van der Waals surface area contributed by atoms with Crippen LogP contribution < -0.4 is 20.3 Å². The maximum Gasteiger partial charge on any atom is 0.269 e. The van der Waals surface area contributed by atoms with Crippen molar-refractivity contribution in [2.45, 2.75) is 5.16 Å². The number of rotatable bonds is 8. The van der Waals surface area contributed by atoms with E-state index in [0.717, 1.165) is 11.3 Å². The second-order valence-corrected chi connectivity index (χ2v) is 8.04. The third-order valence-electron chi connectivity index (χ3n) is 4.88. The molecule has 2 heterocycles. The average Bonchev–Trinajstić information content (AvgIpc) is 3.35. The van der Waals surface area contributed by atoms with Crippen LogP contribution in [0.4, 0.5) is 0 Å². The highest BCUT2D eigenvalue weighted by molar-refractivity contribution is 7.99. The lowest BCUT2D eigenvalue weighted by Gasteiger charge is -2.11. The Labute approximate surface area is 205 Å². The standard InChI is InChI=1S/C24H22N6O4S/c1-33-19-9-5-16(6-10-19)23(32)28-26-21(31)15-35-24-29-27-22(17-4-3-13-25-14-17)30(24)18-7-11-20(34-2)12-8-18/h3-14H,15H2,1-2H3,(H,26,31)(H,28,32). The molecule has 178 valence electrons. The zero-order valence-corrected chi connectivity index (χ0v) is 19.8. The van der Waals surface area contributed by atoms with E-state index in [-0.39, 0.29) is 5.75 Å². The quantitative estimate of drug-likeness (QED) is 0.286. The lowest BCUT2D eigenvalue weighted by Crippen LogP contribution is -2.42. The van der Waals surface area contributed by atoms with Gasteiger partial charge in [0.2, 0.25) is 5.91 Å². The molecule has 2 N–H and O–H groups in total. The summed E-state index contributed by atoms with van der Waals surface area (Å²) in [5.41, 5.74) is 6.78. The van der Waals surface area contributed by atoms with Crippen molar-refractivity contribution in [1.29, 1.82) is 0 Å². The lowest BCUT2D eigenvalue weighted by atomic mass is 10.2. The fraction of sp³-hybridized carbons (Fsp3) is 0.125. The van der Waals surface area contributed by atoms with Gasteiger partial charge in [0.25, 0.3) is 5.91 Å². The summed E-state index contributed by atoms with van der Waals surface area (Å²) in [7, 11) is 3.14. The van der Waals surface area contributed by atoms with E-state index >= 15 is 0 Å². The number of hydrogen-bond donors (Lipinski definition) is 2. The third kappa shape index (κ3) is 5.76. The normalized spacial score (nSPS) is 10.5. The van der Waals surface area contributed by atoms with Crippen LogP contribution in [0, 0.1) is 0 Å². The van der Waals surface area contributed by atoms with Gasteiger partial charge in [-0.25, -0.2) is 0 Å². The number of hydrogen-bond acceptors (Lipinski definition) is 8. The van der Waals surface area contributed by atoms with Crippen molar-refractivity contribution in [2.24, 2.45) is 0 Å². The lowest BCUT2D eigenvalue weighted by molar-refractivity contribution is -0.119. The van der Waals surface area contributed by atoms with E-state index in [2.05, 4.69) is 26.0 Å². The van der Waals surface area contributed by atoms with Crippen LogP contribution >= 0.6 is 11.8 Å². The molecule has 0 saturated heterocycles. The molecule has 0 unspecified atom stereocenters. The number of benzene rings is 2. The van der Waals surface area contributed by atoms with Gasteiger partial charge in [0.05, 0.1) is 20.0 Å². The van der Waals surface area contributed by atoms with Crippen molar-refractivity contribution >= 4 is 23.6 Å². The summed E-state index contributed by atoms with van der Waals surface area (Å²) in [4.78, 5) is 28.8. The van der Waals surface area contributed by atoms with Crippen molar-refractivity contribution in [1.82, 2.24) is 30.6 Å². The van der Waals surface area contributed by atoms with Gasteiger partial charge in [0, 0.05) is 29.2 Å². The Balaban J connectivity index is 1.46. The van der Waals surface area contributed by atoms with Crippen molar-refractivity contribution in [3.05, 3.63) is 78.6 Å². The maximum atomic E-state index is 12.4. The third-order valence-corrected chi connectivity index (χ3v) is 5.81. The first-order valence-corrected chi connectivity index (χ1v) is 11.4. The van der Waals surface area contributed by atoms with Crippen LogP contribution in [0.15, 0.2) is 78.2 Å². The summed E-state index contributed by atoms with van der Waals surface area (Å²) in [6.07, 6.45) is 3.37. The van der Waals surface area contributed by atoms with Crippen LogP contribution in [0.3, 0.4) is 0 Å². The number of carbonyl (C=O) groups is 2. The number of hydrazine groups is 1. The molecule has 0 spiro atoms. The Morgan fingerprint density at radius 3 is 2.23 bits per heavy atom. The molecule has 0 fully saturated rings. The molecule has 35 heavy (non-hydrogen) atoms. The van der Waals surface area contributed by atoms with E-state index in [4.69, 9.17) is 9.47 Å². The predicted octanol–water partition coefficient (Wildman–Crippen LogP) is 2.90. The number of nitrogens with zero attached hydrogens (tertiary/aromatic N) is 4. The maximum absolute atomic E-state index is 12.4. The summed E-state index contributed by atoms with van der Waals surface area (Å²) < 4.78 is 12.2. The molecule has 0 bridgehead atoms. The van der Waals surface area contributed by atoms with E-state index in [1.54, 1.807) is 50.9 Å². The average molecular weight is 491 g/mol. The highest BCUT2D eigenvalue weighted by atomic mass is 32.2. The predicted molar refractivity (Wildman–Crippen MR) is 130 cm³/mol. The molecule has 0 aliphatic carbocycles. The van der Waals surface area contributed by atoms with Gasteiger partial charge in [-0.05, 0) is 60.7 Å². The number of methoxy groups -OCH3 is 2. The van der Waals surface area contributed by atoms with Crippen LogP contribution in [0.25, 0.3) is 17.1 Å². The molecule has 0 aliphatic rings. The van der Waals surface area contributed by atoms with Crippen molar-refractivity contribution < 1.29 is 19.1 Å². The Morgan fingerprint density at radius 2 is 1.60 bits per heavy atom. The minimum Gasteiger partial charge on any atom is -0.497 e. The first kappa shape index (κ1) is 23.8. The number of amides is 2. The Bertz CT molecular complexity index is 1290. The fourth-order valence-corrected chi connectivity index (χ4v) is 3.87. The van der Waals surface area contributed by atoms with Crippen molar-refractivity contribution in [2.75, 3.05) is 20.0 Å². The van der Waals surface area contributed by atoms with Gasteiger partial charge in [-0.1, -0.05) is 11.8 Å². The molecule has 4 rings (SSSR count). The van der Waals surface area contributed by atoms with Crippen LogP contribution in [-0.2, 0) is 4.79 Å². The zero-order valence-electron chi connectivity index (χ0n) is 19.0. The number of carbonyl (C=O) groups excluding carboxylic acids is 2. The molecule has 0 radical (unpaired) electrons. The summed E-state index contributed by atoms with van der Waals surface area (Å²) in [6.45, 7) is 0. The molecule has 11 heteroatoms. The Hall–Kier alpha value is -4.38. The SMILES string of the molecule is COc1ccc(C(=O)NNC(=O)CSc2nnc(-c3cccnc3)n2-c2ccc(OC)cc2)cc1. The minimum atomic E-state index is -0.439. The summed E-state index contributed by atoms with van der Waals surface area (Å²) in [5, 5.41) is 9.11. The summed E-state index contributed by atoms with van der Waals surface area (Å²) >= 11 is 1.19. The number of thioether (sulfide) groups is 1. The number of ether oxygens (including phenoxy) is 2. The van der Waals surface area contributed by atoms with Crippen molar-refractivity contribution in [3.63, 3.8) is 0 Å².